The van der Waals surface area contributed by atoms with Gasteiger partial charge in [0.25, 0.3) is 0 Å². The van der Waals surface area contributed by atoms with Crippen LogP contribution in [-0.4, -0.2) is 37.4 Å². The van der Waals surface area contributed by atoms with E-state index in [-0.39, 0.29) is 18.0 Å². The van der Waals surface area contributed by atoms with Crippen LogP contribution in [0.2, 0.25) is 0 Å². The fourth-order valence-electron chi connectivity index (χ4n) is 2.55. The Kier molecular flexibility index (Phi) is 6.96. The van der Waals surface area contributed by atoms with E-state index in [0.717, 1.165) is 32.4 Å². The smallest absolute Gasteiger partial charge is 0.146 e. The standard InChI is InChI=1S/C16H27FN2O/c1-4-16(13-20,18-5-2)11-8-12-19(3)15-10-7-6-9-14(15)17/h6-7,9-10,18,20H,4-5,8,11-13H2,1-3H3. The summed E-state index contributed by atoms with van der Waals surface area (Å²) in [6.45, 7) is 5.89. The summed E-state index contributed by atoms with van der Waals surface area (Å²) in [7, 11) is 1.90. The minimum absolute atomic E-state index is 0.140. The highest BCUT2D eigenvalue weighted by Crippen LogP contribution is 2.20. The Hall–Kier alpha value is -1.13. The highest BCUT2D eigenvalue weighted by atomic mass is 19.1. The number of hydrogen-bond donors (Lipinski definition) is 2. The number of halogens is 1. The summed E-state index contributed by atoms with van der Waals surface area (Å²) in [4.78, 5) is 1.93. The molecule has 20 heavy (non-hydrogen) atoms. The van der Waals surface area contributed by atoms with Crippen molar-refractivity contribution in [2.24, 2.45) is 0 Å². The molecule has 4 heteroatoms. The van der Waals surface area contributed by atoms with Gasteiger partial charge in [0.15, 0.2) is 0 Å². The zero-order valence-corrected chi connectivity index (χ0v) is 12.8. The number of likely N-dealkylation sites (N-methyl/N-ethyl adjacent to an activating group) is 1. The van der Waals surface area contributed by atoms with Crippen LogP contribution < -0.4 is 10.2 Å². The number of aliphatic hydroxyl groups is 1. The number of rotatable bonds is 9. The van der Waals surface area contributed by atoms with Crippen LogP contribution in [0, 0.1) is 5.82 Å². The van der Waals surface area contributed by atoms with E-state index < -0.39 is 0 Å². The Morgan fingerprint density at radius 3 is 2.55 bits per heavy atom. The first-order chi connectivity index (χ1) is 9.58. The third-order valence-electron chi connectivity index (χ3n) is 3.94. The van der Waals surface area contributed by atoms with Crippen LogP contribution in [0.5, 0.6) is 0 Å². The van der Waals surface area contributed by atoms with E-state index in [4.69, 9.17) is 0 Å². The predicted molar refractivity (Wildman–Crippen MR) is 82.7 cm³/mol. The largest absolute Gasteiger partial charge is 0.394 e. The van der Waals surface area contributed by atoms with Gasteiger partial charge in [0.1, 0.15) is 5.82 Å². The van der Waals surface area contributed by atoms with E-state index in [2.05, 4.69) is 12.2 Å². The lowest BCUT2D eigenvalue weighted by atomic mass is 9.91. The Balaban J connectivity index is 2.52. The third-order valence-corrected chi connectivity index (χ3v) is 3.94. The van der Waals surface area contributed by atoms with E-state index >= 15 is 0 Å². The maximum absolute atomic E-state index is 13.7. The van der Waals surface area contributed by atoms with Gasteiger partial charge in [-0.2, -0.15) is 0 Å². The summed E-state index contributed by atoms with van der Waals surface area (Å²) in [5.74, 6) is -0.189. The van der Waals surface area contributed by atoms with Gasteiger partial charge in [-0.15, -0.1) is 0 Å². The molecule has 1 rings (SSSR count). The average molecular weight is 282 g/mol. The van der Waals surface area contributed by atoms with Crippen molar-refractivity contribution in [2.45, 2.75) is 38.6 Å². The lowest BCUT2D eigenvalue weighted by molar-refractivity contribution is 0.147. The monoisotopic (exact) mass is 282 g/mol. The average Bonchev–Trinajstić information content (AvgIpc) is 2.46. The van der Waals surface area contributed by atoms with Crippen LogP contribution in [0.1, 0.15) is 33.1 Å². The fraction of sp³-hybridized carbons (Fsp3) is 0.625. The summed E-state index contributed by atoms with van der Waals surface area (Å²) in [5.41, 5.74) is 0.423. The molecular weight excluding hydrogens is 255 g/mol. The lowest BCUT2D eigenvalue weighted by Gasteiger charge is -2.32. The SMILES string of the molecule is CCNC(CC)(CO)CCCN(C)c1ccccc1F. The van der Waals surface area contributed by atoms with E-state index in [0.29, 0.717) is 5.69 Å². The molecule has 0 aliphatic rings. The Bertz CT molecular complexity index is 394. The van der Waals surface area contributed by atoms with Crippen molar-refractivity contribution < 1.29 is 9.50 Å². The number of aliphatic hydroxyl groups excluding tert-OH is 1. The van der Waals surface area contributed by atoms with Crippen molar-refractivity contribution in [1.82, 2.24) is 5.32 Å². The lowest BCUT2D eigenvalue weighted by Crippen LogP contribution is -2.48. The van der Waals surface area contributed by atoms with Gasteiger partial charge in [-0.1, -0.05) is 26.0 Å². The molecule has 0 spiro atoms. The minimum Gasteiger partial charge on any atom is -0.394 e. The number of nitrogens with zero attached hydrogens (tertiary/aromatic N) is 1. The highest BCUT2D eigenvalue weighted by Gasteiger charge is 2.25. The topological polar surface area (TPSA) is 35.5 Å². The second-order valence-electron chi connectivity index (χ2n) is 5.30. The van der Waals surface area contributed by atoms with Crippen molar-refractivity contribution in [3.63, 3.8) is 0 Å². The molecule has 0 heterocycles. The van der Waals surface area contributed by atoms with E-state index in [1.54, 1.807) is 12.1 Å². The molecule has 114 valence electrons. The van der Waals surface area contributed by atoms with Crippen molar-refractivity contribution >= 4 is 5.69 Å². The van der Waals surface area contributed by atoms with Gasteiger partial charge in [-0.3, -0.25) is 0 Å². The van der Waals surface area contributed by atoms with Crippen molar-refractivity contribution in [3.05, 3.63) is 30.1 Å². The molecule has 0 bridgehead atoms. The summed E-state index contributed by atoms with van der Waals surface area (Å²) in [6, 6.07) is 6.82. The molecule has 0 radical (unpaired) electrons. The molecule has 0 saturated carbocycles. The fourth-order valence-corrected chi connectivity index (χ4v) is 2.55. The van der Waals surface area contributed by atoms with Gasteiger partial charge < -0.3 is 15.3 Å². The van der Waals surface area contributed by atoms with Crippen molar-refractivity contribution in [2.75, 3.05) is 31.6 Å². The zero-order valence-electron chi connectivity index (χ0n) is 12.8. The van der Waals surface area contributed by atoms with Crippen LogP contribution in [0.3, 0.4) is 0 Å². The van der Waals surface area contributed by atoms with E-state index in [1.807, 2.05) is 24.9 Å². The highest BCUT2D eigenvalue weighted by molar-refractivity contribution is 5.46. The summed E-state index contributed by atoms with van der Waals surface area (Å²) >= 11 is 0. The van der Waals surface area contributed by atoms with Crippen LogP contribution in [0.25, 0.3) is 0 Å². The van der Waals surface area contributed by atoms with Crippen LogP contribution in [0.15, 0.2) is 24.3 Å². The molecule has 1 unspecified atom stereocenters. The molecule has 0 aromatic heterocycles. The quantitative estimate of drug-likeness (QED) is 0.731. The Labute approximate surface area is 121 Å². The second-order valence-corrected chi connectivity index (χ2v) is 5.30. The number of hydrogen-bond acceptors (Lipinski definition) is 3. The number of nitrogens with one attached hydrogen (secondary N) is 1. The molecule has 0 aliphatic heterocycles. The molecule has 1 aromatic carbocycles. The Morgan fingerprint density at radius 2 is 2.00 bits per heavy atom. The maximum Gasteiger partial charge on any atom is 0.146 e. The Morgan fingerprint density at radius 1 is 1.30 bits per heavy atom. The second kappa shape index (κ2) is 8.22. The summed E-state index contributed by atoms with van der Waals surface area (Å²) in [6.07, 6.45) is 2.68. The van der Waals surface area contributed by atoms with Gasteiger partial charge in [0.05, 0.1) is 12.3 Å². The third kappa shape index (κ3) is 4.46. The first kappa shape index (κ1) is 16.9. The number of benzene rings is 1. The van der Waals surface area contributed by atoms with Gasteiger partial charge >= 0.3 is 0 Å². The molecular formula is C16H27FN2O. The zero-order chi connectivity index (χ0) is 15.0. The van der Waals surface area contributed by atoms with Crippen molar-refractivity contribution in [1.29, 1.82) is 0 Å². The summed E-state index contributed by atoms with van der Waals surface area (Å²) < 4.78 is 13.7. The predicted octanol–water partition coefficient (Wildman–Crippen LogP) is 2.79. The summed E-state index contributed by atoms with van der Waals surface area (Å²) in [5, 5.41) is 13.0. The molecule has 1 aromatic rings. The van der Waals surface area contributed by atoms with Crippen molar-refractivity contribution in [3.8, 4) is 0 Å². The molecule has 0 aliphatic carbocycles. The maximum atomic E-state index is 13.7. The van der Waals surface area contributed by atoms with Gasteiger partial charge in [0, 0.05) is 19.1 Å². The minimum atomic E-state index is -0.204. The molecule has 1 atom stereocenters. The van der Waals surface area contributed by atoms with Crippen LogP contribution >= 0.6 is 0 Å². The van der Waals surface area contributed by atoms with Gasteiger partial charge in [-0.25, -0.2) is 4.39 Å². The molecule has 0 saturated heterocycles. The van der Waals surface area contributed by atoms with Gasteiger partial charge in [0.2, 0.25) is 0 Å². The number of para-hydroxylation sites is 1. The normalized spacial score (nSPS) is 14.1. The molecule has 3 nitrogen and oxygen atoms in total. The van der Waals surface area contributed by atoms with E-state index in [9.17, 15) is 9.50 Å². The molecule has 0 amide bonds. The van der Waals surface area contributed by atoms with Gasteiger partial charge in [-0.05, 0) is 37.9 Å². The van der Waals surface area contributed by atoms with Crippen LogP contribution in [-0.2, 0) is 0 Å². The number of anilines is 1. The van der Waals surface area contributed by atoms with Crippen LogP contribution in [0.4, 0.5) is 10.1 Å². The van der Waals surface area contributed by atoms with E-state index in [1.165, 1.54) is 6.07 Å². The first-order valence-electron chi connectivity index (χ1n) is 7.40. The molecule has 2 N–H and O–H groups in total. The molecule has 0 fully saturated rings. The first-order valence-corrected chi connectivity index (χ1v) is 7.40.